The molecule has 1 fully saturated rings. The summed E-state index contributed by atoms with van der Waals surface area (Å²) in [7, 11) is 0. The Kier molecular flexibility index (Phi) is 7.46. The van der Waals surface area contributed by atoms with Crippen LogP contribution in [0.3, 0.4) is 0 Å². The molecule has 8 heteroatoms. The van der Waals surface area contributed by atoms with Gasteiger partial charge in [-0.15, -0.1) is 0 Å². The van der Waals surface area contributed by atoms with E-state index in [0.29, 0.717) is 41.6 Å². The molecule has 0 bridgehead atoms. The summed E-state index contributed by atoms with van der Waals surface area (Å²) in [4.78, 5) is 24.1. The highest BCUT2D eigenvalue weighted by molar-refractivity contribution is 5.86. The Morgan fingerprint density at radius 1 is 1.25 bits per heavy atom. The molecule has 3 rings (SSSR count). The monoisotopic (exact) mass is 443 g/mol. The van der Waals surface area contributed by atoms with E-state index in [1.54, 1.807) is 29.9 Å². The predicted octanol–water partition coefficient (Wildman–Crippen LogP) is 3.50. The lowest BCUT2D eigenvalue weighted by Gasteiger charge is -2.44. The Morgan fingerprint density at radius 3 is 2.62 bits per heavy atom. The van der Waals surface area contributed by atoms with Crippen LogP contribution in [0, 0.1) is 11.3 Å². The summed E-state index contributed by atoms with van der Waals surface area (Å²) in [6.07, 6.45) is 1.95. The van der Waals surface area contributed by atoms with Crippen LogP contribution in [0.5, 0.6) is 0 Å². The fraction of sp³-hybridized carbons (Fsp3) is 0.583. The van der Waals surface area contributed by atoms with Crippen LogP contribution >= 0.6 is 0 Å². The first-order valence-corrected chi connectivity index (χ1v) is 11.0. The third kappa shape index (κ3) is 5.61. The lowest BCUT2D eigenvalue weighted by molar-refractivity contribution is -0.139. The predicted molar refractivity (Wildman–Crippen MR) is 120 cm³/mol. The van der Waals surface area contributed by atoms with Crippen molar-refractivity contribution in [3.63, 3.8) is 0 Å². The summed E-state index contributed by atoms with van der Waals surface area (Å²) in [5, 5.41) is 20.3. The molecule has 0 saturated heterocycles. The zero-order valence-corrected chi connectivity index (χ0v) is 19.3. The van der Waals surface area contributed by atoms with Crippen molar-refractivity contribution in [3.05, 3.63) is 35.9 Å². The standard InChI is InChI=1S/C24H33N3O5/c1-15(2)23(30)32-10-6-9-31-17-12-18(24(3,4)5)22(29)21(13-17)27-25-19-8-7-16(14-28)11-20(19)26-27/h7-8,11,14,17-18,21-22,29H,1,6,9-10,12-13H2,2-5H3. The smallest absolute Gasteiger partial charge is 0.333 e. The number of carbonyl (C=O) groups excluding carboxylic acids is 2. The van der Waals surface area contributed by atoms with Crippen LogP contribution in [0.15, 0.2) is 30.4 Å². The average molecular weight is 444 g/mol. The number of benzene rings is 1. The molecule has 4 unspecified atom stereocenters. The molecule has 0 amide bonds. The van der Waals surface area contributed by atoms with Crippen LogP contribution < -0.4 is 0 Å². The minimum absolute atomic E-state index is 0.00728. The lowest BCUT2D eigenvalue weighted by Crippen LogP contribution is -2.47. The Balaban J connectivity index is 1.71. The van der Waals surface area contributed by atoms with E-state index in [9.17, 15) is 14.7 Å². The first kappa shape index (κ1) is 24.1. The average Bonchev–Trinajstić information content (AvgIpc) is 3.16. The van der Waals surface area contributed by atoms with Gasteiger partial charge in [-0.1, -0.05) is 27.4 Å². The molecule has 1 aliphatic rings. The summed E-state index contributed by atoms with van der Waals surface area (Å²) >= 11 is 0. The number of esters is 1. The fourth-order valence-corrected chi connectivity index (χ4v) is 4.20. The Labute approximate surface area is 188 Å². The number of nitrogens with zero attached hydrogens (tertiary/aromatic N) is 3. The summed E-state index contributed by atoms with van der Waals surface area (Å²) in [6, 6.07) is 4.82. The molecule has 1 aromatic heterocycles. The van der Waals surface area contributed by atoms with Gasteiger partial charge in [0.1, 0.15) is 23.4 Å². The molecule has 0 radical (unpaired) electrons. The molecule has 2 aromatic rings. The topological polar surface area (TPSA) is 104 Å². The van der Waals surface area contributed by atoms with Crippen LogP contribution in [0.1, 0.15) is 63.4 Å². The van der Waals surface area contributed by atoms with Gasteiger partial charge in [0.2, 0.25) is 0 Å². The summed E-state index contributed by atoms with van der Waals surface area (Å²) in [5.74, 6) is -0.402. The molecular weight excluding hydrogens is 410 g/mol. The largest absolute Gasteiger partial charge is 0.462 e. The number of rotatable bonds is 8. The van der Waals surface area contributed by atoms with Gasteiger partial charge in [-0.05, 0) is 42.9 Å². The second-order valence-electron chi connectivity index (χ2n) is 9.65. The molecular formula is C24H33N3O5. The number of aromatic nitrogens is 3. The molecule has 1 N–H and O–H groups in total. The number of fused-ring (bicyclic) bond motifs is 1. The van der Waals surface area contributed by atoms with Crippen molar-refractivity contribution >= 4 is 23.3 Å². The van der Waals surface area contributed by atoms with E-state index in [4.69, 9.17) is 9.47 Å². The van der Waals surface area contributed by atoms with Gasteiger partial charge in [0.25, 0.3) is 0 Å². The zero-order valence-electron chi connectivity index (χ0n) is 19.3. The van der Waals surface area contributed by atoms with E-state index in [-0.39, 0.29) is 30.1 Å². The number of hydrogen-bond donors (Lipinski definition) is 1. The van der Waals surface area contributed by atoms with Gasteiger partial charge in [-0.2, -0.15) is 15.0 Å². The number of carbonyl (C=O) groups is 2. The molecule has 1 heterocycles. The third-order valence-corrected chi connectivity index (χ3v) is 6.02. The quantitative estimate of drug-likeness (QED) is 0.288. The fourth-order valence-electron chi connectivity index (χ4n) is 4.20. The van der Waals surface area contributed by atoms with Crippen molar-refractivity contribution in [1.29, 1.82) is 0 Å². The Hall–Kier alpha value is -2.58. The number of aliphatic hydroxyl groups excluding tert-OH is 1. The second kappa shape index (κ2) is 9.92. The minimum Gasteiger partial charge on any atom is -0.462 e. The number of aliphatic hydroxyl groups is 1. The first-order chi connectivity index (χ1) is 15.1. The molecule has 0 spiro atoms. The highest BCUT2D eigenvalue weighted by atomic mass is 16.5. The minimum atomic E-state index is -0.626. The molecule has 4 atom stereocenters. The molecule has 174 valence electrons. The van der Waals surface area contributed by atoms with Crippen molar-refractivity contribution in [1.82, 2.24) is 15.0 Å². The van der Waals surface area contributed by atoms with E-state index in [0.717, 1.165) is 12.7 Å². The van der Waals surface area contributed by atoms with Crippen LogP contribution in [0.25, 0.3) is 11.0 Å². The van der Waals surface area contributed by atoms with Gasteiger partial charge in [0.15, 0.2) is 0 Å². The Morgan fingerprint density at radius 2 is 1.97 bits per heavy atom. The molecule has 1 aromatic carbocycles. The summed E-state index contributed by atoms with van der Waals surface area (Å²) < 4.78 is 11.2. The maximum Gasteiger partial charge on any atom is 0.333 e. The number of aldehydes is 1. The number of ether oxygens (including phenoxy) is 2. The Bertz CT molecular complexity index is 978. The normalized spacial score (nSPS) is 23.8. The summed E-state index contributed by atoms with van der Waals surface area (Å²) in [5.41, 5.74) is 2.08. The molecule has 8 nitrogen and oxygen atoms in total. The first-order valence-electron chi connectivity index (χ1n) is 11.0. The molecule has 0 aliphatic heterocycles. The van der Waals surface area contributed by atoms with Crippen LogP contribution in [0.2, 0.25) is 0 Å². The van der Waals surface area contributed by atoms with Gasteiger partial charge in [-0.3, -0.25) is 4.79 Å². The molecule has 1 aliphatic carbocycles. The summed E-state index contributed by atoms with van der Waals surface area (Å²) in [6.45, 7) is 12.2. The maximum absolute atomic E-state index is 11.5. The number of hydrogen-bond acceptors (Lipinski definition) is 7. The van der Waals surface area contributed by atoms with E-state index < -0.39 is 12.1 Å². The second-order valence-corrected chi connectivity index (χ2v) is 9.65. The van der Waals surface area contributed by atoms with Crippen molar-refractivity contribution in [2.45, 2.75) is 65.2 Å². The van der Waals surface area contributed by atoms with Crippen LogP contribution in [0.4, 0.5) is 0 Å². The van der Waals surface area contributed by atoms with E-state index in [1.807, 2.05) is 0 Å². The SMILES string of the molecule is C=C(C)C(=O)OCCCOC1CC(n2nc3ccc(C=O)cc3n2)C(O)C(C(C)(C)C)C1. The zero-order chi connectivity index (χ0) is 23.5. The van der Waals surface area contributed by atoms with Crippen LogP contribution in [-0.2, 0) is 14.3 Å². The molecule has 32 heavy (non-hydrogen) atoms. The van der Waals surface area contributed by atoms with E-state index in [1.165, 1.54) is 0 Å². The van der Waals surface area contributed by atoms with Crippen molar-refractivity contribution < 1.29 is 24.2 Å². The van der Waals surface area contributed by atoms with Crippen LogP contribution in [-0.4, -0.2) is 57.8 Å². The van der Waals surface area contributed by atoms with Crippen molar-refractivity contribution in [2.24, 2.45) is 11.3 Å². The van der Waals surface area contributed by atoms with Gasteiger partial charge in [0.05, 0.1) is 25.4 Å². The van der Waals surface area contributed by atoms with Gasteiger partial charge < -0.3 is 14.6 Å². The maximum atomic E-state index is 11.5. The van der Waals surface area contributed by atoms with Gasteiger partial charge in [0, 0.05) is 24.0 Å². The highest BCUT2D eigenvalue weighted by Gasteiger charge is 2.44. The van der Waals surface area contributed by atoms with Crippen molar-refractivity contribution in [3.8, 4) is 0 Å². The van der Waals surface area contributed by atoms with E-state index in [2.05, 4.69) is 37.5 Å². The van der Waals surface area contributed by atoms with Crippen molar-refractivity contribution in [2.75, 3.05) is 13.2 Å². The highest BCUT2D eigenvalue weighted by Crippen LogP contribution is 2.43. The van der Waals surface area contributed by atoms with Gasteiger partial charge in [-0.25, -0.2) is 4.79 Å². The third-order valence-electron chi connectivity index (χ3n) is 6.02. The van der Waals surface area contributed by atoms with Gasteiger partial charge >= 0.3 is 5.97 Å². The van der Waals surface area contributed by atoms with E-state index >= 15 is 0 Å². The lowest BCUT2D eigenvalue weighted by atomic mass is 9.68. The molecule has 1 saturated carbocycles.